The van der Waals surface area contributed by atoms with E-state index in [1.165, 1.54) is 16.2 Å². The molecule has 0 atom stereocenters. The molecule has 1 N–H and O–H groups in total. The Morgan fingerprint density at radius 2 is 1.68 bits per heavy atom. The van der Waals surface area contributed by atoms with E-state index in [0.717, 1.165) is 16.1 Å². The molecular weight excluding hydrogens is 392 g/mol. The monoisotopic (exact) mass is 408 g/mol. The van der Waals surface area contributed by atoms with Crippen LogP contribution in [0.4, 0.5) is 11.4 Å². The molecule has 0 radical (unpaired) electrons. The number of halogens is 1. The standard InChI is InChI=1S/C22H17ClN2O2S/c1-13-8-10-15(11-9-13)24-20-19(18-7-4-12-28-18)21(26)25(22(20)27)17-6-3-5-16(23)14(17)2/h3-12,24H,1-2H3. The first-order chi connectivity index (χ1) is 13.5. The number of thiophene rings is 1. The molecule has 140 valence electrons. The van der Waals surface area contributed by atoms with Gasteiger partial charge in [-0.05, 0) is 55.1 Å². The van der Waals surface area contributed by atoms with E-state index in [1.54, 1.807) is 25.1 Å². The van der Waals surface area contributed by atoms with Crippen LogP contribution >= 0.6 is 22.9 Å². The van der Waals surface area contributed by atoms with Gasteiger partial charge in [-0.2, -0.15) is 0 Å². The average molecular weight is 409 g/mol. The number of aryl methyl sites for hydroxylation is 1. The molecule has 4 nitrogen and oxygen atoms in total. The van der Waals surface area contributed by atoms with Gasteiger partial charge in [-0.3, -0.25) is 9.59 Å². The largest absolute Gasteiger partial charge is 0.350 e. The van der Waals surface area contributed by atoms with E-state index in [1.807, 2.05) is 48.7 Å². The zero-order chi connectivity index (χ0) is 19.8. The molecule has 1 aliphatic rings. The molecule has 0 saturated carbocycles. The summed E-state index contributed by atoms with van der Waals surface area (Å²) in [5.41, 5.74) is 3.70. The Labute approximate surface area is 172 Å². The molecule has 0 bridgehead atoms. The number of carbonyl (C=O) groups is 2. The summed E-state index contributed by atoms with van der Waals surface area (Å²) in [4.78, 5) is 28.6. The molecule has 0 aliphatic carbocycles. The van der Waals surface area contributed by atoms with Gasteiger partial charge in [0.1, 0.15) is 5.70 Å². The van der Waals surface area contributed by atoms with Crippen molar-refractivity contribution in [3.8, 4) is 0 Å². The molecular formula is C22H17ClN2O2S. The Bertz CT molecular complexity index is 1100. The maximum Gasteiger partial charge on any atom is 0.282 e. The second kappa shape index (κ2) is 7.26. The summed E-state index contributed by atoms with van der Waals surface area (Å²) in [5.74, 6) is -0.744. The molecule has 6 heteroatoms. The molecule has 0 unspecified atom stereocenters. The fraction of sp³-hybridized carbons (Fsp3) is 0.0909. The molecule has 3 aromatic rings. The number of benzene rings is 2. The SMILES string of the molecule is Cc1ccc(NC2=C(c3cccs3)C(=O)N(c3cccc(Cl)c3C)C2=O)cc1. The zero-order valence-corrected chi connectivity index (χ0v) is 16.9. The number of rotatable bonds is 4. The van der Waals surface area contributed by atoms with Gasteiger partial charge >= 0.3 is 0 Å². The van der Waals surface area contributed by atoms with Crippen molar-refractivity contribution < 1.29 is 9.59 Å². The Hall–Kier alpha value is -2.89. The lowest BCUT2D eigenvalue weighted by Gasteiger charge is -2.18. The van der Waals surface area contributed by atoms with Crippen LogP contribution in [0.2, 0.25) is 5.02 Å². The van der Waals surface area contributed by atoms with Crippen LogP contribution in [0.1, 0.15) is 16.0 Å². The van der Waals surface area contributed by atoms with E-state index >= 15 is 0 Å². The van der Waals surface area contributed by atoms with Crippen molar-refractivity contribution in [3.63, 3.8) is 0 Å². The lowest BCUT2D eigenvalue weighted by atomic mass is 10.1. The first kappa shape index (κ1) is 18.5. The van der Waals surface area contributed by atoms with E-state index < -0.39 is 0 Å². The maximum atomic E-state index is 13.3. The molecule has 0 fully saturated rings. The second-order valence-corrected chi connectivity index (χ2v) is 7.90. The normalized spacial score (nSPS) is 14.2. The van der Waals surface area contributed by atoms with Gasteiger partial charge in [0, 0.05) is 15.6 Å². The number of anilines is 2. The lowest BCUT2D eigenvalue weighted by Crippen LogP contribution is -2.33. The summed E-state index contributed by atoms with van der Waals surface area (Å²) in [6, 6.07) is 16.6. The summed E-state index contributed by atoms with van der Waals surface area (Å²) < 4.78 is 0. The van der Waals surface area contributed by atoms with Crippen LogP contribution in [0.15, 0.2) is 65.7 Å². The fourth-order valence-corrected chi connectivity index (χ4v) is 4.07. The van der Waals surface area contributed by atoms with E-state index in [4.69, 9.17) is 11.6 Å². The minimum absolute atomic E-state index is 0.274. The summed E-state index contributed by atoms with van der Waals surface area (Å²) in [5, 5.41) is 5.56. The molecule has 1 aliphatic heterocycles. The van der Waals surface area contributed by atoms with Crippen molar-refractivity contribution >= 4 is 51.7 Å². The van der Waals surface area contributed by atoms with Crippen LogP contribution in [0.25, 0.3) is 5.57 Å². The van der Waals surface area contributed by atoms with Gasteiger partial charge in [0.15, 0.2) is 0 Å². The van der Waals surface area contributed by atoms with Crippen molar-refractivity contribution in [1.29, 1.82) is 0 Å². The van der Waals surface area contributed by atoms with Gasteiger partial charge in [0.25, 0.3) is 11.8 Å². The highest BCUT2D eigenvalue weighted by molar-refractivity contribution is 7.11. The summed E-state index contributed by atoms with van der Waals surface area (Å²) in [6.07, 6.45) is 0. The van der Waals surface area contributed by atoms with Crippen LogP contribution in [-0.2, 0) is 9.59 Å². The number of amides is 2. The predicted octanol–water partition coefficient (Wildman–Crippen LogP) is 5.41. The number of carbonyl (C=O) groups excluding carboxylic acids is 2. The van der Waals surface area contributed by atoms with Crippen molar-refractivity contribution in [1.82, 2.24) is 0 Å². The number of hydrogen-bond donors (Lipinski definition) is 1. The predicted molar refractivity (Wildman–Crippen MR) is 115 cm³/mol. The second-order valence-electron chi connectivity index (χ2n) is 6.55. The van der Waals surface area contributed by atoms with E-state index in [9.17, 15) is 9.59 Å². The van der Waals surface area contributed by atoms with Crippen LogP contribution in [0.3, 0.4) is 0 Å². The van der Waals surface area contributed by atoms with Crippen molar-refractivity contribution in [2.24, 2.45) is 0 Å². The lowest BCUT2D eigenvalue weighted by molar-refractivity contribution is -0.120. The van der Waals surface area contributed by atoms with Gasteiger partial charge in [-0.15, -0.1) is 11.3 Å². The Kier molecular flexibility index (Phi) is 4.79. The number of imide groups is 1. The van der Waals surface area contributed by atoms with E-state index in [-0.39, 0.29) is 17.5 Å². The molecule has 1 aromatic heterocycles. The molecule has 2 aromatic carbocycles. The number of nitrogens with one attached hydrogen (secondary N) is 1. The van der Waals surface area contributed by atoms with E-state index in [2.05, 4.69) is 5.32 Å². The Morgan fingerprint density at radius 3 is 2.36 bits per heavy atom. The smallest absolute Gasteiger partial charge is 0.282 e. The minimum atomic E-state index is -0.389. The van der Waals surface area contributed by atoms with Crippen molar-refractivity contribution in [2.75, 3.05) is 10.2 Å². The maximum absolute atomic E-state index is 13.3. The van der Waals surface area contributed by atoms with Gasteiger partial charge < -0.3 is 5.32 Å². The molecule has 0 saturated heterocycles. The first-order valence-corrected chi connectivity index (χ1v) is 9.99. The third-order valence-electron chi connectivity index (χ3n) is 4.65. The molecule has 28 heavy (non-hydrogen) atoms. The average Bonchev–Trinajstić information content (AvgIpc) is 3.27. The highest BCUT2D eigenvalue weighted by Crippen LogP contribution is 2.37. The summed E-state index contributed by atoms with van der Waals surface area (Å²) >= 11 is 7.65. The van der Waals surface area contributed by atoms with Crippen LogP contribution in [0, 0.1) is 13.8 Å². The molecule has 4 rings (SSSR count). The molecule has 2 amide bonds. The number of hydrogen-bond acceptors (Lipinski definition) is 4. The Morgan fingerprint density at radius 1 is 0.929 bits per heavy atom. The van der Waals surface area contributed by atoms with Crippen LogP contribution < -0.4 is 10.2 Å². The minimum Gasteiger partial charge on any atom is -0.350 e. The van der Waals surface area contributed by atoms with Gasteiger partial charge in [-0.1, -0.05) is 41.4 Å². The summed E-state index contributed by atoms with van der Waals surface area (Å²) in [6.45, 7) is 3.79. The van der Waals surface area contributed by atoms with E-state index in [0.29, 0.717) is 21.8 Å². The summed E-state index contributed by atoms with van der Waals surface area (Å²) in [7, 11) is 0. The zero-order valence-electron chi connectivity index (χ0n) is 15.3. The molecule has 0 spiro atoms. The van der Waals surface area contributed by atoms with Crippen molar-refractivity contribution in [2.45, 2.75) is 13.8 Å². The van der Waals surface area contributed by atoms with Crippen LogP contribution in [0.5, 0.6) is 0 Å². The fourth-order valence-electron chi connectivity index (χ4n) is 3.13. The van der Waals surface area contributed by atoms with Gasteiger partial charge in [0.05, 0.1) is 11.3 Å². The third-order valence-corrected chi connectivity index (χ3v) is 5.95. The van der Waals surface area contributed by atoms with Crippen molar-refractivity contribution in [3.05, 3.63) is 86.7 Å². The molecule has 2 heterocycles. The van der Waals surface area contributed by atoms with Gasteiger partial charge in [-0.25, -0.2) is 4.90 Å². The highest BCUT2D eigenvalue weighted by atomic mass is 35.5. The van der Waals surface area contributed by atoms with Gasteiger partial charge in [0.2, 0.25) is 0 Å². The topological polar surface area (TPSA) is 49.4 Å². The first-order valence-electron chi connectivity index (χ1n) is 8.73. The highest BCUT2D eigenvalue weighted by Gasteiger charge is 2.41. The number of nitrogens with zero attached hydrogens (tertiary/aromatic N) is 1. The quantitative estimate of drug-likeness (QED) is 0.587. The van der Waals surface area contributed by atoms with Crippen LogP contribution in [-0.4, -0.2) is 11.8 Å². The Balaban J connectivity index is 1.82. The third kappa shape index (κ3) is 3.13.